The quantitative estimate of drug-likeness (QED) is 0.445. The predicted octanol–water partition coefficient (Wildman–Crippen LogP) is 1.91. The topological polar surface area (TPSA) is 52.1 Å². The van der Waals surface area contributed by atoms with Gasteiger partial charge in [-0.1, -0.05) is 11.8 Å². The van der Waals surface area contributed by atoms with E-state index in [1.807, 2.05) is 0 Å². The summed E-state index contributed by atoms with van der Waals surface area (Å²) in [6, 6.07) is 1.80. The molecule has 5 heteroatoms. The minimum absolute atomic E-state index is 0.118. The predicted molar refractivity (Wildman–Crippen MR) is 61.1 cm³/mol. The third kappa shape index (κ3) is 2.95. The van der Waals surface area contributed by atoms with Crippen molar-refractivity contribution in [3.05, 3.63) is 18.5 Å². The summed E-state index contributed by atoms with van der Waals surface area (Å²) in [4.78, 5) is 19.5. The molecule has 1 aliphatic carbocycles. The SMILES string of the molecule is COC(=O)CC1(CSc2ncccn2)CC1. The Kier molecular flexibility index (Phi) is 3.43. The largest absolute Gasteiger partial charge is 0.469 e. The Morgan fingerprint density at radius 3 is 2.75 bits per heavy atom. The number of methoxy groups -OCH3 is 1. The first-order chi connectivity index (χ1) is 7.74. The summed E-state index contributed by atoms with van der Waals surface area (Å²) in [5.41, 5.74) is 0.136. The Hall–Kier alpha value is -1.10. The van der Waals surface area contributed by atoms with Crippen LogP contribution in [0, 0.1) is 5.41 Å². The zero-order valence-electron chi connectivity index (χ0n) is 9.18. The number of esters is 1. The van der Waals surface area contributed by atoms with Crippen molar-refractivity contribution in [2.75, 3.05) is 12.9 Å². The number of thioether (sulfide) groups is 1. The number of rotatable bonds is 5. The highest BCUT2D eigenvalue weighted by Gasteiger charge is 2.44. The van der Waals surface area contributed by atoms with Gasteiger partial charge in [0.15, 0.2) is 5.16 Å². The van der Waals surface area contributed by atoms with Crippen LogP contribution < -0.4 is 0 Å². The zero-order chi connectivity index (χ0) is 11.4. The van der Waals surface area contributed by atoms with Crippen molar-refractivity contribution in [3.8, 4) is 0 Å². The average Bonchev–Trinajstić information content (AvgIpc) is 3.08. The van der Waals surface area contributed by atoms with Gasteiger partial charge in [0.25, 0.3) is 0 Å². The third-order valence-electron chi connectivity index (χ3n) is 2.75. The monoisotopic (exact) mass is 238 g/mol. The summed E-state index contributed by atoms with van der Waals surface area (Å²) >= 11 is 1.61. The fourth-order valence-corrected chi connectivity index (χ4v) is 2.60. The molecular weight excluding hydrogens is 224 g/mol. The second-order valence-corrected chi connectivity index (χ2v) is 5.02. The highest BCUT2D eigenvalue weighted by molar-refractivity contribution is 7.99. The molecule has 2 rings (SSSR count). The average molecular weight is 238 g/mol. The fraction of sp³-hybridized carbons (Fsp3) is 0.545. The molecule has 1 saturated carbocycles. The summed E-state index contributed by atoms with van der Waals surface area (Å²) in [5.74, 6) is 0.777. The van der Waals surface area contributed by atoms with Crippen LogP contribution in [-0.2, 0) is 9.53 Å². The van der Waals surface area contributed by atoms with Gasteiger partial charge in [0.1, 0.15) is 0 Å². The number of hydrogen-bond acceptors (Lipinski definition) is 5. The van der Waals surface area contributed by atoms with Gasteiger partial charge in [-0.3, -0.25) is 4.79 Å². The van der Waals surface area contributed by atoms with E-state index in [1.54, 1.807) is 30.2 Å². The van der Waals surface area contributed by atoms with Crippen LogP contribution in [0.4, 0.5) is 0 Å². The number of carbonyl (C=O) groups excluding carboxylic acids is 1. The van der Waals surface area contributed by atoms with Crippen molar-refractivity contribution in [1.29, 1.82) is 0 Å². The molecule has 0 saturated heterocycles. The molecule has 1 aromatic rings. The van der Waals surface area contributed by atoms with Gasteiger partial charge in [0.05, 0.1) is 13.5 Å². The van der Waals surface area contributed by atoms with Crippen molar-refractivity contribution in [3.63, 3.8) is 0 Å². The summed E-state index contributed by atoms with van der Waals surface area (Å²) in [6.07, 6.45) is 6.18. The Bertz CT molecular complexity index is 366. The molecule has 0 amide bonds. The van der Waals surface area contributed by atoms with Crippen molar-refractivity contribution < 1.29 is 9.53 Å². The van der Waals surface area contributed by atoms with Crippen molar-refractivity contribution in [2.24, 2.45) is 5.41 Å². The van der Waals surface area contributed by atoms with Crippen LogP contribution in [0.3, 0.4) is 0 Å². The highest BCUT2D eigenvalue weighted by Crippen LogP contribution is 2.51. The maximum atomic E-state index is 11.2. The molecule has 16 heavy (non-hydrogen) atoms. The molecule has 1 fully saturated rings. The molecule has 1 heterocycles. The lowest BCUT2D eigenvalue weighted by atomic mass is 10.1. The van der Waals surface area contributed by atoms with Gasteiger partial charge < -0.3 is 4.74 Å². The number of carbonyl (C=O) groups is 1. The van der Waals surface area contributed by atoms with E-state index in [2.05, 4.69) is 9.97 Å². The minimum atomic E-state index is -0.118. The molecule has 4 nitrogen and oxygen atoms in total. The van der Waals surface area contributed by atoms with Gasteiger partial charge in [0, 0.05) is 18.1 Å². The maximum Gasteiger partial charge on any atom is 0.306 e. The van der Waals surface area contributed by atoms with Crippen LogP contribution in [-0.4, -0.2) is 28.8 Å². The third-order valence-corrected chi connectivity index (χ3v) is 3.98. The van der Waals surface area contributed by atoms with Gasteiger partial charge in [-0.25, -0.2) is 9.97 Å². The van der Waals surface area contributed by atoms with E-state index in [0.717, 1.165) is 23.8 Å². The molecule has 86 valence electrons. The second kappa shape index (κ2) is 4.82. The van der Waals surface area contributed by atoms with E-state index in [4.69, 9.17) is 4.74 Å². The van der Waals surface area contributed by atoms with Crippen LogP contribution in [0.5, 0.6) is 0 Å². The molecular formula is C11H14N2O2S. The Labute approximate surface area is 98.8 Å². The van der Waals surface area contributed by atoms with Gasteiger partial charge in [0.2, 0.25) is 0 Å². The van der Waals surface area contributed by atoms with E-state index in [1.165, 1.54) is 7.11 Å². The molecule has 1 aromatic heterocycles. The van der Waals surface area contributed by atoms with Crippen LogP contribution >= 0.6 is 11.8 Å². The first-order valence-corrected chi connectivity index (χ1v) is 6.19. The number of ether oxygens (including phenoxy) is 1. The zero-order valence-corrected chi connectivity index (χ0v) is 10.00. The lowest BCUT2D eigenvalue weighted by Crippen LogP contribution is -2.13. The molecule has 0 aliphatic heterocycles. The molecule has 0 radical (unpaired) electrons. The van der Waals surface area contributed by atoms with Gasteiger partial charge >= 0.3 is 5.97 Å². The van der Waals surface area contributed by atoms with E-state index >= 15 is 0 Å². The van der Waals surface area contributed by atoms with E-state index in [-0.39, 0.29) is 11.4 Å². The molecule has 0 unspecified atom stereocenters. The van der Waals surface area contributed by atoms with Gasteiger partial charge in [-0.2, -0.15) is 0 Å². The second-order valence-electron chi connectivity index (χ2n) is 4.07. The Balaban J connectivity index is 1.84. The van der Waals surface area contributed by atoms with Crippen LogP contribution in [0.15, 0.2) is 23.6 Å². The smallest absolute Gasteiger partial charge is 0.306 e. The van der Waals surface area contributed by atoms with Crippen molar-refractivity contribution in [2.45, 2.75) is 24.4 Å². The van der Waals surface area contributed by atoms with Gasteiger partial charge in [-0.15, -0.1) is 0 Å². The fourth-order valence-electron chi connectivity index (χ4n) is 1.50. The normalized spacial score (nSPS) is 16.8. The number of hydrogen-bond donors (Lipinski definition) is 0. The lowest BCUT2D eigenvalue weighted by Gasteiger charge is -2.11. The first-order valence-electron chi connectivity index (χ1n) is 5.21. The maximum absolute atomic E-state index is 11.2. The first kappa shape index (κ1) is 11.4. The van der Waals surface area contributed by atoms with Crippen molar-refractivity contribution in [1.82, 2.24) is 9.97 Å². The number of aromatic nitrogens is 2. The van der Waals surface area contributed by atoms with Gasteiger partial charge in [-0.05, 0) is 24.3 Å². The van der Waals surface area contributed by atoms with E-state index in [0.29, 0.717) is 6.42 Å². The summed E-state index contributed by atoms with van der Waals surface area (Å²) < 4.78 is 4.70. The van der Waals surface area contributed by atoms with E-state index < -0.39 is 0 Å². The Morgan fingerprint density at radius 2 is 2.19 bits per heavy atom. The summed E-state index contributed by atoms with van der Waals surface area (Å²) in [5, 5.41) is 0.777. The van der Waals surface area contributed by atoms with E-state index in [9.17, 15) is 4.79 Å². The number of nitrogens with zero attached hydrogens (tertiary/aromatic N) is 2. The standard InChI is InChI=1S/C11H14N2O2S/c1-15-9(14)7-11(3-4-11)8-16-10-12-5-2-6-13-10/h2,5-6H,3-4,7-8H2,1H3. The van der Waals surface area contributed by atoms with Crippen LogP contribution in [0.1, 0.15) is 19.3 Å². The Morgan fingerprint density at radius 1 is 1.50 bits per heavy atom. The van der Waals surface area contributed by atoms with Crippen molar-refractivity contribution >= 4 is 17.7 Å². The van der Waals surface area contributed by atoms with Crippen LogP contribution in [0.25, 0.3) is 0 Å². The molecule has 0 atom stereocenters. The minimum Gasteiger partial charge on any atom is -0.469 e. The highest BCUT2D eigenvalue weighted by atomic mass is 32.2. The molecule has 0 spiro atoms. The summed E-state index contributed by atoms with van der Waals surface area (Å²) in [6.45, 7) is 0. The van der Waals surface area contributed by atoms with Crippen LogP contribution in [0.2, 0.25) is 0 Å². The molecule has 0 aromatic carbocycles. The summed E-state index contributed by atoms with van der Waals surface area (Å²) in [7, 11) is 1.44. The molecule has 0 N–H and O–H groups in total. The molecule has 0 bridgehead atoms. The lowest BCUT2D eigenvalue weighted by molar-refractivity contribution is -0.141. The molecule has 1 aliphatic rings.